The molecule has 0 aliphatic carbocycles. The maximum Gasteiger partial charge on any atom is 0.272 e. The first-order chi connectivity index (χ1) is 27.8. The van der Waals surface area contributed by atoms with E-state index in [0.29, 0.717) is 62.9 Å². The number of methoxy groups -OCH3 is 1. The summed E-state index contributed by atoms with van der Waals surface area (Å²) in [5, 5.41) is 5.69. The van der Waals surface area contributed by atoms with E-state index in [2.05, 4.69) is 24.7 Å². The van der Waals surface area contributed by atoms with Crippen molar-refractivity contribution in [1.29, 1.82) is 0 Å². The first kappa shape index (κ1) is 37.6. The smallest absolute Gasteiger partial charge is 0.272 e. The van der Waals surface area contributed by atoms with Crippen molar-refractivity contribution in [3.63, 3.8) is 0 Å². The summed E-state index contributed by atoms with van der Waals surface area (Å²) in [6, 6.07) is 24.8. The predicted octanol–water partition coefficient (Wildman–Crippen LogP) is 9.87. The van der Waals surface area contributed by atoms with Gasteiger partial charge in [-0.05, 0) is 73.2 Å². The average molecular weight is 824 g/mol. The third-order valence-corrected chi connectivity index (χ3v) is 12.2. The van der Waals surface area contributed by atoms with Gasteiger partial charge in [0.05, 0.1) is 41.7 Å². The molecule has 5 heterocycles. The van der Waals surface area contributed by atoms with Crippen LogP contribution in [0.5, 0.6) is 5.75 Å². The molecule has 2 N–H and O–H groups in total. The van der Waals surface area contributed by atoms with Crippen LogP contribution in [-0.4, -0.2) is 77.2 Å². The van der Waals surface area contributed by atoms with E-state index in [9.17, 15) is 9.59 Å². The number of ether oxygens (including phenoxy) is 2. The number of imidazole rings is 1. The number of H-pyrrole nitrogens is 1. The zero-order valence-electron chi connectivity index (χ0n) is 31.4. The van der Waals surface area contributed by atoms with Crippen molar-refractivity contribution in [2.24, 2.45) is 0 Å². The maximum absolute atomic E-state index is 14.9. The van der Waals surface area contributed by atoms with Gasteiger partial charge in [0, 0.05) is 82.4 Å². The number of carbonyl (C=O) groups is 2. The summed E-state index contributed by atoms with van der Waals surface area (Å²) in [7, 11) is 1.63. The fraction of sp³-hybridized carbons (Fsp3) is 0.295. The quantitative estimate of drug-likeness (QED) is 0.133. The lowest BCUT2D eigenvalue weighted by Gasteiger charge is -2.41. The molecule has 0 saturated carbocycles. The number of halogens is 3. The Kier molecular flexibility index (Phi) is 10.4. The van der Waals surface area contributed by atoms with Crippen molar-refractivity contribution in [3.05, 3.63) is 117 Å². The predicted molar refractivity (Wildman–Crippen MR) is 226 cm³/mol. The fourth-order valence-corrected chi connectivity index (χ4v) is 9.53. The number of likely N-dealkylation sites (tertiary alicyclic amines) is 1. The number of nitrogens with one attached hydrogen (secondary N) is 2. The van der Waals surface area contributed by atoms with Crippen molar-refractivity contribution >= 4 is 68.9 Å². The second-order valence-corrected chi connectivity index (χ2v) is 16.1. The van der Waals surface area contributed by atoms with Gasteiger partial charge in [0.2, 0.25) is 5.91 Å². The summed E-state index contributed by atoms with van der Waals surface area (Å²) in [5.74, 6) is 0.539. The van der Waals surface area contributed by atoms with Crippen molar-refractivity contribution < 1.29 is 19.1 Å². The van der Waals surface area contributed by atoms with Crippen LogP contribution in [0.25, 0.3) is 33.4 Å². The molecule has 2 amide bonds. The Morgan fingerprint density at radius 3 is 2.51 bits per heavy atom. The molecule has 0 spiro atoms. The lowest BCUT2D eigenvalue weighted by atomic mass is 9.87. The molecule has 0 unspecified atom stereocenters. The zero-order valence-corrected chi connectivity index (χ0v) is 33.6. The van der Waals surface area contributed by atoms with Crippen LogP contribution in [0.2, 0.25) is 15.1 Å². The number of benzene rings is 4. The molecule has 1 atom stereocenters. The fourth-order valence-electron chi connectivity index (χ4n) is 8.79. The van der Waals surface area contributed by atoms with E-state index >= 15 is 0 Å². The normalized spacial score (nSPS) is 16.9. The van der Waals surface area contributed by atoms with Crippen molar-refractivity contribution in [2.75, 3.05) is 50.2 Å². The van der Waals surface area contributed by atoms with Crippen molar-refractivity contribution in [1.82, 2.24) is 19.4 Å². The molecular formula is C44H41Cl3N6O4. The summed E-state index contributed by atoms with van der Waals surface area (Å²) in [6.45, 7) is 3.11. The van der Waals surface area contributed by atoms with E-state index in [0.717, 1.165) is 84.5 Å². The molecular weight excluding hydrogens is 783 g/mol. The van der Waals surface area contributed by atoms with Gasteiger partial charge in [-0.3, -0.25) is 9.59 Å². The van der Waals surface area contributed by atoms with Crippen LogP contribution in [0, 0.1) is 0 Å². The average Bonchev–Trinajstić information content (AvgIpc) is 3.82. The molecule has 4 aromatic carbocycles. The monoisotopic (exact) mass is 822 g/mol. The minimum absolute atomic E-state index is 0.222. The maximum atomic E-state index is 14.9. The third kappa shape index (κ3) is 7.03. The van der Waals surface area contributed by atoms with E-state index in [1.165, 1.54) is 0 Å². The number of aromatic nitrogens is 3. The van der Waals surface area contributed by atoms with Gasteiger partial charge in [-0.2, -0.15) is 0 Å². The van der Waals surface area contributed by atoms with Crippen LogP contribution in [-0.2, 0) is 9.53 Å². The number of rotatable bonds is 10. The van der Waals surface area contributed by atoms with Gasteiger partial charge in [0.15, 0.2) is 0 Å². The zero-order chi connectivity index (χ0) is 39.2. The van der Waals surface area contributed by atoms with E-state index in [4.69, 9.17) is 49.3 Å². The Morgan fingerprint density at radius 1 is 0.912 bits per heavy atom. The van der Waals surface area contributed by atoms with Crippen LogP contribution in [0.3, 0.4) is 0 Å². The second-order valence-electron chi connectivity index (χ2n) is 14.8. The van der Waals surface area contributed by atoms with Crippen molar-refractivity contribution in [2.45, 2.75) is 44.2 Å². The first-order valence-electron chi connectivity index (χ1n) is 19.3. The van der Waals surface area contributed by atoms with Gasteiger partial charge in [-0.25, -0.2) is 4.98 Å². The molecule has 3 aliphatic rings. The molecule has 292 valence electrons. The summed E-state index contributed by atoms with van der Waals surface area (Å²) in [5.41, 5.74) is 7.40. The number of hydrogen-bond acceptors (Lipinski definition) is 6. The highest BCUT2D eigenvalue weighted by Gasteiger charge is 2.37. The molecule has 10 nitrogen and oxygen atoms in total. The standard InChI is InChI=1S/C44H41Cl3N6O4/c1-56-19-20-57-30-11-13-36(51-17-14-29(15-18-51)52-16-6-5-9-37(52)54)34(24-30)50-44(55)41-39-38-32(21-28(46)23-35(38)49-41)42(31-12-10-27(45)22-33(31)47)53-25-48-40(43(39)53)26-7-3-2-4-8-26/h2-4,7-8,10-13,21-25,29,42,49H,5-6,9,14-20H2,1H3,(H,50,55)/t42-/m1/s1. The van der Waals surface area contributed by atoms with Gasteiger partial charge >= 0.3 is 0 Å². The lowest BCUT2D eigenvalue weighted by molar-refractivity contribution is -0.136. The number of aromatic amines is 1. The minimum Gasteiger partial charge on any atom is -0.491 e. The van der Waals surface area contributed by atoms with Gasteiger partial charge in [0.1, 0.15) is 18.1 Å². The number of carbonyl (C=O) groups excluding carboxylic acids is 2. The molecule has 13 heteroatoms. The van der Waals surface area contributed by atoms with Crippen LogP contribution in [0.15, 0.2) is 85.2 Å². The Bertz CT molecular complexity index is 2490. The van der Waals surface area contributed by atoms with Crippen LogP contribution in [0.4, 0.5) is 11.4 Å². The third-order valence-electron chi connectivity index (χ3n) is 11.4. The summed E-state index contributed by atoms with van der Waals surface area (Å²) in [6.07, 6.45) is 6.16. The number of amides is 2. The highest BCUT2D eigenvalue weighted by atomic mass is 35.5. The molecule has 2 aromatic heterocycles. The van der Waals surface area contributed by atoms with Crippen LogP contribution >= 0.6 is 34.8 Å². The second kappa shape index (κ2) is 15.7. The number of hydrogen-bond donors (Lipinski definition) is 2. The summed E-state index contributed by atoms with van der Waals surface area (Å²) >= 11 is 20.1. The van der Waals surface area contributed by atoms with E-state index in [1.54, 1.807) is 19.5 Å². The number of nitrogens with zero attached hydrogens (tertiary/aromatic N) is 4. The molecule has 6 aromatic rings. The number of fused-ring (bicyclic) bond motifs is 2. The highest BCUT2D eigenvalue weighted by molar-refractivity contribution is 6.35. The Morgan fingerprint density at radius 2 is 1.74 bits per heavy atom. The topological polar surface area (TPSA) is 105 Å². The van der Waals surface area contributed by atoms with Crippen LogP contribution < -0.4 is 15.0 Å². The summed E-state index contributed by atoms with van der Waals surface area (Å²) < 4.78 is 13.3. The van der Waals surface area contributed by atoms with Gasteiger partial charge < -0.3 is 34.1 Å². The Balaban J connectivity index is 1.14. The van der Waals surface area contributed by atoms with E-state index < -0.39 is 6.04 Å². The lowest BCUT2D eigenvalue weighted by Crippen LogP contribution is -2.49. The van der Waals surface area contributed by atoms with Gasteiger partial charge in [0.25, 0.3) is 5.91 Å². The molecule has 2 fully saturated rings. The minimum atomic E-state index is -0.411. The highest BCUT2D eigenvalue weighted by Crippen LogP contribution is 2.51. The van der Waals surface area contributed by atoms with Crippen molar-refractivity contribution in [3.8, 4) is 28.3 Å². The first-order valence-corrected chi connectivity index (χ1v) is 20.5. The Labute approximate surface area is 345 Å². The van der Waals surface area contributed by atoms with Crippen LogP contribution in [0.1, 0.15) is 59.8 Å². The largest absolute Gasteiger partial charge is 0.491 e. The number of piperidine rings is 2. The Hall–Kier alpha value is -5.00. The van der Waals surface area contributed by atoms with Gasteiger partial charge in [-0.15, -0.1) is 0 Å². The molecule has 9 rings (SSSR count). The molecule has 0 bridgehead atoms. The van der Waals surface area contributed by atoms with Gasteiger partial charge in [-0.1, -0.05) is 71.2 Å². The molecule has 3 aliphatic heterocycles. The molecule has 0 radical (unpaired) electrons. The van der Waals surface area contributed by atoms with E-state index in [1.807, 2.05) is 72.8 Å². The van der Waals surface area contributed by atoms with E-state index in [-0.39, 0.29) is 17.9 Å². The SMILES string of the molecule is COCCOc1ccc(N2CCC(N3CCCCC3=O)CC2)c(NC(=O)c2[nH]c3cc(Cl)cc4c3c2-c2c(-c3ccccc3)ncn2[C@@H]4c2ccc(Cl)cc2Cl)c1. The summed E-state index contributed by atoms with van der Waals surface area (Å²) in [4.78, 5) is 40.5. The molecule has 2 saturated heterocycles. The molecule has 57 heavy (non-hydrogen) atoms. The number of anilines is 2.